The van der Waals surface area contributed by atoms with Crippen LogP contribution in [0.3, 0.4) is 0 Å². The molecule has 0 radical (unpaired) electrons. The fourth-order valence-electron chi connectivity index (χ4n) is 4.67. The summed E-state index contributed by atoms with van der Waals surface area (Å²) in [6.45, 7) is 4.75. The number of hydrogen-bond acceptors (Lipinski definition) is 5. The summed E-state index contributed by atoms with van der Waals surface area (Å²) in [6, 6.07) is 9.07. The Hall–Kier alpha value is -3.14. The molecular weight excluding hydrogens is 459 g/mol. The van der Waals surface area contributed by atoms with Crippen molar-refractivity contribution in [1.29, 1.82) is 0 Å². The number of fused-ring (bicyclic) bond motifs is 1. The zero-order valence-electron chi connectivity index (χ0n) is 19.8. The number of pyridine rings is 1. The molecule has 10 heteroatoms. The number of carbonyl (C=O) groups is 1. The quantitative estimate of drug-likeness (QED) is 0.526. The van der Waals surface area contributed by atoms with Crippen LogP contribution in [0.25, 0.3) is 11.0 Å². The van der Waals surface area contributed by atoms with Crippen LogP contribution in [-0.4, -0.2) is 63.8 Å². The smallest absolute Gasteiger partial charge is 0.417 e. The van der Waals surface area contributed by atoms with Gasteiger partial charge in [0.2, 0.25) is 5.91 Å². The Balaban J connectivity index is 1.28. The summed E-state index contributed by atoms with van der Waals surface area (Å²) in [4.78, 5) is 21.6. The maximum absolute atomic E-state index is 13.8. The molecule has 0 unspecified atom stereocenters. The van der Waals surface area contributed by atoms with Gasteiger partial charge in [-0.05, 0) is 43.5 Å². The number of alkyl halides is 3. The Morgan fingerprint density at radius 1 is 1.11 bits per heavy atom. The summed E-state index contributed by atoms with van der Waals surface area (Å²) < 4.78 is 48.0. The van der Waals surface area contributed by atoms with Gasteiger partial charge in [-0.3, -0.25) is 9.69 Å². The van der Waals surface area contributed by atoms with Crippen molar-refractivity contribution in [3.63, 3.8) is 0 Å². The highest BCUT2D eigenvalue weighted by Crippen LogP contribution is 2.43. The van der Waals surface area contributed by atoms with Crippen molar-refractivity contribution in [3.8, 4) is 5.75 Å². The van der Waals surface area contributed by atoms with Crippen molar-refractivity contribution in [2.24, 2.45) is 0 Å². The van der Waals surface area contributed by atoms with E-state index in [1.165, 1.54) is 17.2 Å². The lowest BCUT2D eigenvalue weighted by Crippen LogP contribution is -2.49. The standard InChI is InChI=1S/C25H28F3N5O2/c1-16-23-20(25(26,27)28)13-21(18-5-6-18)29-24(23)33(30-16)15-22(34)32-11-9-31(10-12-32)14-17-3-7-19(35-2)8-4-17/h3-4,7-8,13,18H,5-6,9-12,14-15H2,1-2H3. The van der Waals surface area contributed by atoms with Gasteiger partial charge in [-0.25, -0.2) is 9.67 Å². The van der Waals surface area contributed by atoms with Crippen LogP contribution < -0.4 is 4.74 Å². The van der Waals surface area contributed by atoms with Crippen molar-refractivity contribution < 1.29 is 22.7 Å². The van der Waals surface area contributed by atoms with Crippen LogP contribution >= 0.6 is 0 Å². The van der Waals surface area contributed by atoms with Crippen LogP contribution in [0.1, 0.15) is 41.3 Å². The van der Waals surface area contributed by atoms with Crippen molar-refractivity contribution in [1.82, 2.24) is 24.6 Å². The van der Waals surface area contributed by atoms with E-state index in [1.807, 2.05) is 24.3 Å². The molecule has 1 saturated heterocycles. The number of aromatic nitrogens is 3. The average Bonchev–Trinajstić information content (AvgIpc) is 3.64. The number of amides is 1. The van der Waals surface area contributed by atoms with E-state index < -0.39 is 11.7 Å². The Bertz CT molecular complexity index is 1230. The Morgan fingerprint density at radius 2 is 1.80 bits per heavy atom. The molecule has 186 valence electrons. The number of hydrogen-bond donors (Lipinski definition) is 0. The highest BCUT2D eigenvalue weighted by atomic mass is 19.4. The second-order valence-electron chi connectivity index (χ2n) is 9.31. The van der Waals surface area contributed by atoms with Crippen molar-refractivity contribution in [2.45, 2.75) is 44.9 Å². The highest BCUT2D eigenvalue weighted by Gasteiger charge is 2.38. The van der Waals surface area contributed by atoms with Gasteiger partial charge in [0.15, 0.2) is 5.65 Å². The molecule has 1 amide bonds. The van der Waals surface area contributed by atoms with E-state index in [9.17, 15) is 18.0 Å². The van der Waals surface area contributed by atoms with Crippen molar-refractivity contribution >= 4 is 16.9 Å². The predicted molar refractivity (Wildman–Crippen MR) is 124 cm³/mol. The number of carbonyl (C=O) groups excluding carboxylic acids is 1. The third-order valence-electron chi connectivity index (χ3n) is 6.77. The van der Waals surface area contributed by atoms with Gasteiger partial charge in [0.05, 0.1) is 23.8 Å². The highest BCUT2D eigenvalue weighted by molar-refractivity contribution is 5.85. The van der Waals surface area contributed by atoms with Gasteiger partial charge in [0, 0.05) is 44.3 Å². The molecule has 5 rings (SSSR count). The van der Waals surface area contributed by atoms with Crippen molar-refractivity contribution in [2.75, 3.05) is 33.3 Å². The van der Waals surface area contributed by atoms with Crippen LogP contribution in [-0.2, 0) is 24.1 Å². The minimum absolute atomic E-state index is 0.0148. The molecule has 0 N–H and O–H groups in total. The molecular formula is C25H28F3N5O2. The van der Waals surface area contributed by atoms with E-state index >= 15 is 0 Å². The Labute approximate surface area is 201 Å². The molecule has 0 atom stereocenters. The van der Waals surface area contributed by atoms with Gasteiger partial charge in [0.25, 0.3) is 0 Å². The van der Waals surface area contributed by atoms with E-state index in [2.05, 4.69) is 15.0 Å². The first kappa shape index (κ1) is 23.6. The number of piperazine rings is 1. The average molecular weight is 488 g/mol. The number of nitrogens with zero attached hydrogens (tertiary/aromatic N) is 5. The van der Waals surface area contributed by atoms with Crippen LogP contribution in [0.5, 0.6) is 5.75 Å². The number of ether oxygens (including phenoxy) is 1. The first-order valence-electron chi connectivity index (χ1n) is 11.8. The summed E-state index contributed by atoms with van der Waals surface area (Å²) in [5.41, 5.74) is 1.27. The molecule has 7 nitrogen and oxygen atoms in total. The van der Waals surface area contributed by atoms with Gasteiger partial charge in [-0.2, -0.15) is 18.3 Å². The maximum atomic E-state index is 13.8. The third-order valence-corrected chi connectivity index (χ3v) is 6.77. The minimum Gasteiger partial charge on any atom is -0.497 e. The van der Waals surface area contributed by atoms with E-state index in [0.29, 0.717) is 18.8 Å². The fraction of sp³-hybridized carbons (Fsp3) is 0.480. The molecule has 1 aliphatic heterocycles. The Kier molecular flexibility index (Phi) is 6.16. The van der Waals surface area contributed by atoms with Gasteiger partial charge < -0.3 is 9.64 Å². The first-order valence-corrected chi connectivity index (χ1v) is 11.8. The predicted octanol–water partition coefficient (Wildman–Crippen LogP) is 3.99. The third kappa shape index (κ3) is 4.98. The lowest BCUT2D eigenvalue weighted by molar-refractivity contribution is -0.136. The van der Waals surface area contributed by atoms with E-state index in [1.54, 1.807) is 12.0 Å². The van der Waals surface area contributed by atoms with E-state index in [-0.39, 0.29) is 35.1 Å². The normalized spacial score (nSPS) is 17.2. The second-order valence-corrected chi connectivity index (χ2v) is 9.31. The zero-order valence-corrected chi connectivity index (χ0v) is 19.8. The first-order chi connectivity index (χ1) is 16.7. The van der Waals surface area contributed by atoms with Gasteiger partial charge in [-0.1, -0.05) is 12.1 Å². The zero-order chi connectivity index (χ0) is 24.7. The molecule has 1 saturated carbocycles. The molecule has 3 heterocycles. The molecule has 2 fully saturated rings. The number of benzene rings is 1. The SMILES string of the molecule is COc1ccc(CN2CCN(C(=O)Cn3nc(C)c4c(C(F)(F)F)cc(C5CC5)nc43)CC2)cc1. The summed E-state index contributed by atoms with van der Waals surface area (Å²) >= 11 is 0. The molecule has 2 aliphatic rings. The molecule has 0 bridgehead atoms. The van der Waals surface area contributed by atoms with Gasteiger partial charge >= 0.3 is 6.18 Å². The van der Waals surface area contributed by atoms with Gasteiger partial charge in [0.1, 0.15) is 12.3 Å². The largest absolute Gasteiger partial charge is 0.497 e. The lowest BCUT2D eigenvalue weighted by Gasteiger charge is -2.34. The van der Waals surface area contributed by atoms with Crippen LogP contribution in [0.15, 0.2) is 30.3 Å². The molecule has 0 spiro atoms. The number of aryl methyl sites for hydroxylation is 1. The van der Waals surface area contributed by atoms with E-state index in [4.69, 9.17) is 4.74 Å². The summed E-state index contributed by atoms with van der Waals surface area (Å²) in [7, 11) is 1.63. The Morgan fingerprint density at radius 3 is 2.40 bits per heavy atom. The fourth-order valence-corrected chi connectivity index (χ4v) is 4.67. The molecule has 35 heavy (non-hydrogen) atoms. The van der Waals surface area contributed by atoms with Crippen LogP contribution in [0.2, 0.25) is 0 Å². The topological polar surface area (TPSA) is 63.5 Å². The summed E-state index contributed by atoms with van der Waals surface area (Å²) in [5, 5.41) is 4.28. The summed E-state index contributed by atoms with van der Waals surface area (Å²) in [5.74, 6) is 0.705. The summed E-state index contributed by atoms with van der Waals surface area (Å²) in [6.07, 6.45) is -2.83. The number of methoxy groups -OCH3 is 1. The number of halogens is 3. The van der Waals surface area contributed by atoms with E-state index in [0.717, 1.165) is 44.3 Å². The van der Waals surface area contributed by atoms with Crippen molar-refractivity contribution in [3.05, 3.63) is 52.8 Å². The van der Waals surface area contributed by atoms with Crippen LogP contribution in [0, 0.1) is 6.92 Å². The minimum atomic E-state index is -4.51. The maximum Gasteiger partial charge on any atom is 0.417 e. The molecule has 1 aliphatic carbocycles. The molecule has 2 aromatic heterocycles. The lowest BCUT2D eigenvalue weighted by atomic mass is 10.1. The van der Waals surface area contributed by atoms with Crippen LogP contribution in [0.4, 0.5) is 13.2 Å². The molecule has 1 aromatic carbocycles. The number of rotatable bonds is 6. The molecule has 3 aromatic rings. The van der Waals surface area contributed by atoms with Gasteiger partial charge in [-0.15, -0.1) is 0 Å². The second kappa shape index (κ2) is 9.14. The monoisotopic (exact) mass is 487 g/mol.